The second-order valence-corrected chi connectivity index (χ2v) is 5.12. The monoisotopic (exact) mass is 255 g/mol. The minimum absolute atomic E-state index is 0.0662. The van der Waals surface area contributed by atoms with Gasteiger partial charge >= 0.3 is 6.03 Å². The first kappa shape index (κ1) is 12.0. The molecule has 0 radical (unpaired) electrons. The first-order valence-electron chi connectivity index (χ1n) is 6.57. The van der Waals surface area contributed by atoms with Gasteiger partial charge in [0.15, 0.2) is 0 Å². The van der Waals surface area contributed by atoms with E-state index in [1.165, 1.54) is 0 Å². The molecule has 0 fully saturated rings. The van der Waals surface area contributed by atoms with Crippen LogP contribution in [0, 0.1) is 0 Å². The van der Waals surface area contributed by atoms with E-state index in [2.05, 4.69) is 29.7 Å². The molecular weight excluding hydrogens is 238 g/mol. The number of nitrogens with one attached hydrogen (secondary N) is 2. The van der Waals surface area contributed by atoms with Crippen molar-refractivity contribution in [3.05, 3.63) is 47.2 Å². The molecule has 2 heterocycles. The molecule has 0 saturated carbocycles. The van der Waals surface area contributed by atoms with E-state index in [4.69, 9.17) is 4.99 Å². The molecule has 2 amide bonds. The number of aliphatic imine (C=N–C) groups is 1. The van der Waals surface area contributed by atoms with Crippen molar-refractivity contribution in [2.24, 2.45) is 4.99 Å². The van der Waals surface area contributed by atoms with Crippen LogP contribution in [0.2, 0.25) is 0 Å². The van der Waals surface area contributed by atoms with Crippen molar-refractivity contribution in [3.8, 4) is 0 Å². The maximum Gasteiger partial charge on any atom is 0.319 e. The standard InChI is InChI=1S/C15H17N3O/c1-9-8-12-13(10(2)17-15(19)18-12)14(16-9)11-6-4-3-5-7-11/h3-7,9,12H,8H2,1-2H3,(H2,17,18,19). The summed E-state index contributed by atoms with van der Waals surface area (Å²) in [4.78, 5) is 16.4. The Hall–Kier alpha value is -2.10. The van der Waals surface area contributed by atoms with Crippen molar-refractivity contribution in [1.82, 2.24) is 10.6 Å². The third kappa shape index (κ3) is 2.14. The van der Waals surface area contributed by atoms with E-state index in [-0.39, 0.29) is 18.1 Å². The summed E-state index contributed by atoms with van der Waals surface area (Å²) in [6, 6.07) is 10.3. The van der Waals surface area contributed by atoms with E-state index in [1.54, 1.807) is 0 Å². The summed E-state index contributed by atoms with van der Waals surface area (Å²) in [5, 5.41) is 5.83. The molecule has 4 heteroatoms. The number of hydrogen-bond donors (Lipinski definition) is 2. The number of carbonyl (C=O) groups is 1. The second kappa shape index (κ2) is 4.53. The molecule has 2 atom stereocenters. The Labute approximate surface area is 112 Å². The van der Waals surface area contributed by atoms with Crippen LogP contribution >= 0.6 is 0 Å². The average Bonchev–Trinajstić information content (AvgIpc) is 2.38. The number of carbonyl (C=O) groups excluding carboxylic acids is 1. The van der Waals surface area contributed by atoms with Gasteiger partial charge in [-0.05, 0) is 20.3 Å². The van der Waals surface area contributed by atoms with E-state index in [9.17, 15) is 4.79 Å². The van der Waals surface area contributed by atoms with Crippen molar-refractivity contribution >= 4 is 11.7 Å². The van der Waals surface area contributed by atoms with Crippen molar-refractivity contribution in [1.29, 1.82) is 0 Å². The Morgan fingerprint density at radius 3 is 2.74 bits per heavy atom. The van der Waals surface area contributed by atoms with Crippen LogP contribution in [0.15, 0.2) is 46.6 Å². The van der Waals surface area contributed by atoms with E-state index in [1.807, 2.05) is 25.1 Å². The molecule has 0 saturated heterocycles. The van der Waals surface area contributed by atoms with E-state index < -0.39 is 0 Å². The Balaban J connectivity index is 2.11. The Morgan fingerprint density at radius 1 is 1.26 bits per heavy atom. The Bertz CT molecular complexity index is 574. The average molecular weight is 255 g/mol. The van der Waals surface area contributed by atoms with Crippen molar-refractivity contribution < 1.29 is 4.79 Å². The number of rotatable bonds is 1. The van der Waals surface area contributed by atoms with Gasteiger partial charge in [0.05, 0.1) is 17.8 Å². The molecule has 98 valence electrons. The highest BCUT2D eigenvalue weighted by Crippen LogP contribution is 2.27. The zero-order chi connectivity index (χ0) is 13.4. The van der Waals surface area contributed by atoms with Gasteiger partial charge in [0.2, 0.25) is 0 Å². The zero-order valence-corrected chi connectivity index (χ0v) is 11.1. The summed E-state index contributed by atoms with van der Waals surface area (Å²) in [7, 11) is 0. The minimum Gasteiger partial charge on any atom is -0.331 e. The molecule has 0 aliphatic carbocycles. The summed E-state index contributed by atoms with van der Waals surface area (Å²) >= 11 is 0. The van der Waals surface area contributed by atoms with Crippen molar-refractivity contribution in [3.63, 3.8) is 0 Å². The summed E-state index contributed by atoms with van der Waals surface area (Å²) < 4.78 is 0. The first-order chi connectivity index (χ1) is 9.15. The molecule has 0 aromatic heterocycles. The molecule has 2 unspecified atom stereocenters. The number of allylic oxidation sites excluding steroid dienone is 1. The lowest BCUT2D eigenvalue weighted by Crippen LogP contribution is -2.52. The lowest BCUT2D eigenvalue weighted by Gasteiger charge is -2.34. The summed E-state index contributed by atoms with van der Waals surface area (Å²) in [6.45, 7) is 4.03. The molecule has 1 aromatic carbocycles. The van der Waals surface area contributed by atoms with Gasteiger partial charge in [0.1, 0.15) is 0 Å². The van der Waals surface area contributed by atoms with Gasteiger partial charge in [-0.15, -0.1) is 0 Å². The topological polar surface area (TPSA) is 53.5 Å². The summed E-state index contributed by atoms with van der Waals surface area (Å²) in [5.74, 6) is 0. The second-order valence-electron chi connectivity index (χ2n) is 5.12. The van der Waals surface area contributed by atoms with Gasteiger partial charge in [-0.2, -0.15) is 0 Å². The lowest BCUT2D eigenvalue weighted by atomic mass is 9.87. The van der Waals surface area contributed by atoms with Gasteiger partial charge in [-0.25, -0.2) is 4.79 Å². The van der Waals surface area contributed by atoms with Crippen LogP contribution in [0.3, 0.4) is 0 Å². The quantitative estimate of drug-likeness (QED) is 0.794. The normalized spacial score (nSPS) is 26.2. The largest absolute Gasteiger partial charge is 0.331 e. The molecule has 2 aliphatic rings. The maximum absolute atomic E-state index is 11.6. The van der Waals surface area contributed by atoms with E-state index in [0.717, 1.165) is 29.0 Å². The maximum atomic E-state index is 11.6. The summed E-state index contributed by atoms with van der Waals surface area (Å²) in [5.41, 5.74) is 4.12. The van der Waals surface area contributed by atoms with Crippen LogP contribution in [0.1, 0.15) is 25.8 Å². The lowest BCUT2D eigenvalue weighted by molar-refractivity contribution is 0.237. The van der Waals surface area contributed by atoms with Crippen LogP contribution in [0.4, 0.5) is 4.79 Å². The Morgan fingerprint density at radius 2 is 2.00 bits per heavy atom. The van der Waals surface area contributed by atoms with Crippen LogP contribution in [-0.2, 0) is 0 Å². The van der Waals surface area contributed by atoms with Gasteiger partial charge < -0.3 is 10.6 Å². The number of urea groups is 1. The fourth-order valence-electron chi connectivity index (χ4n) is 2.79. The highest BCUT2D eigenvalue weighted by atomic mass is 16.2. The third-order valence-corrected chi connectivity index (χ3v) is 3.59. The zero-order valence-electron chi connectivity index (χ0n) is 11.1. The van der Waals surface area contributed by atoms with Crippen LogP contribution in [-0.4, -0.2) is 23.8 Å². The van der Waals surface area contributed by atoms with Gasteiger partial charge in [0, 0.05) is 16.8 Å². The predicted octanol–water partition coefficient (Wildman–Crippen LogP) is 2.22. The number of amides is 2. The van der Waals surface area contributed by atoms with Crippen molar-refractivity contribution in [2.75, 3.05) is 0 Å². The number of hydrogen-bond acceptors (Lipinski definition) is 2. The van der Waals surface area contributed by atoms with Gasteiger partial charge in [-0.3, -0.25) is 4.99 Å². The van der Waals surface area contributed by atoms with Crippen LogP contribution in [0.5, 0.6) is 0 Å². The van der Waals surface area contributed by atoms with Gasteiger partial charge in [-0.1, -0.05) is 30.3 Å². The number of fused-ring (bicyclic) bond motifs is 1. The molecule has 0 bridgehead atoms. The number of benzene rings is 1. The minimum atomic E-state index is -0.118. The van der Waals surface area contributed by atoms with Crippen LogP contribution in [0.25, 0.3) is 0 Å². The highest BCUT2D eigenvalue weighted by Gasteiger charge is 2.33. The fraction of sp³-hybridized carbons (Fsp3) is 0.333. The molecule has 1 aromatic rings. The first-order valence-corrected chi connectivity index (χ1v) is 6.57. The fourth-order valence-corrected chi connectivity index (χ4v) is 2.79. The van der Waals surface area contributed by atoms with Crippen LogP contribution < -0.4 is 10.6 Å². The molecular formula is C15H17N3O. The third-order valence-electron chi connectivity index (χ3n) is 3.59. The number of nitrogens with zero attached hydrogens (tertiary/aromatic N) is 1. The molecule has 4 nitrogen and oxygen atoms in total. The Kier molecular flexibility index (Phi) is 2.85. The van der Waals surface area contributed by atoms with E-state index in [0.29, 0.717) is 0 Å². The highest BCUT2D eigenvalue weighted by molar-refractivity contribution is 6.15. The molecule has 3 rings (SSSR count). The molecule has 2 aliphatic heterocycles. The van der Waals surface area contributed by atoms with Crippen molar-refractivity contribution in [2.45, 2.75) is 32.4 Å². The summed E-state index contributed by atoms with van der Waals surface area (Å²) in [6.07, 6.45) is 0.858. The molecule has 2 N–H and O–H groups in total. The SMILES string of the molecule is CC1=C2C(c3ccccc3)=NC(C)CC2NC(=O)N1. The van der Waals surface area contributed by atoms with Gasteiger partial charge in [0.25, 0.3) is 0 Å². The smallest absolute Gasteiger partial charge is 0.319 e. The molecule has 19 heavy (non-hydrogen) atoms. The van der Waals surface area contributed by atoms with E-state index >= 15 is 0 Å². The molecule has 0 spiro atoms. The predicted molar refractivity (Wildman–Crippen MR) is 75.2 cm³/mol.